The quantitative estimate of drug-likeness (QED) is 0.200. The smallest absolute Gasteiger partial charge is 0.0626 e. The van der Waals surface area contributed by atoms with E-state index in [2.05, 4.69) is 156 Å². The summed E-state index contributed by atoms with van der Waals surface area (Å²) in [6.07, 6.45) is 0. The summed E-state index contributed by atoms with van der Waals surface area (Å²) in [4.78, 5) is 0. The number of nitrogens with zero attached hydrogens (tertiary/aromatic N) is 1. The maximum atomic E-state index is 2.51. The molecule has 0 aliphatic carbocycles. The van der Waals surface area contributed by atoms with E-state index in [0.29, 0.717) is 0 Å². The fourth-order valence-corrected chi connectivity index (χ4v) is 7.03. The summed E-state index contributed by atoms with van der Waals surface area (Å²) in [7, 11) is 0. The molecule has 0 unspecified atom stereocenters. The summed E-state index contributed by atoms with van der Waals surface area (Å²) in [5.41, 5.74) is 6.22. The molecular formula is C40H25N. The highest BCUT2D eigenvalue weighted by Gasteiger charge is 2.22. The van der Waals surface area contributed by atoms with Crippen molar-refractivity contribution in [3.63, 3.8) is 0 Å². The Morgan fingerprint density at radius 1 is 0.341 bits per heavy atom. The van der Waals surface area contributed by atoms with Crippen molar-refractivity contribution >= 4 is 64.9 Å². The second-order valence-electron chi connectivity index (χ2n) is 10.9. The van der Waals surface area contributed by atoms with Gasteiger partial charge in [-0.25, -0.2) is 0 Å². The van der Waals surface area contributed by atoms with Gasteiger partial charge in [-0.1, -0.05) is 133 Å². The Kier molecular flexibility index (Phi) is 4.67. The molecule has 1 nitrogen and oxygen atoms in total. The van der Waals surface area contributed by atoms with E-state index in [1.54, 1.807) is 0 Å². The van der Waals surface area contributed by atoms with Crippen LogP contribution in [0.5, 0.6) is 0 Å². The number of hydrogen-bond donors (Lipinski definition) is 0. The lowest BCUT2D eigenvalue weighted by molar-refractivity contribution is 1.19. The summed E-state index contributed by atoms with van der Waals surface area (Å²) >= 11 is 0. The van der Waals surface area contributed by atoms with Crippen LogP contribution in [0, 0.1) is 0 Å². The molecule has 0 aliphatic rings. The minimum Gasteiger partial charge on any atom is -0.308 e. The van der Waals surface area contributed by atoms with Gasteiger partial charge in [0.25, 0.3) is 0 Å². The number of benzene rings is 8. The van der Waals surface area contributed by atoms with E-state index in [0.717, 1.165) is 0 Å². The third kappa shape index (κ3) is 3.12. The SMILES string of the molecule is c1ccc(-c2cc3c4ccccc4c4c(c5ccc6ccccc6c5n4-c4ccccc4)c3c3ccccc23)cc1. The fourth-order valence-electron chi connectivity index (χ4n) is 7.03. The van der Waals surface area contributed by atoms with Crippen LogP contribution in [0.2, 0.25) is 0 Å². The summed E-state index contributed by atoms with van der Waals surface area (Å²) < 4.78 is 2.51. The Morgan fingerprint density at radius 3 is 1.73 bits per heavy atom. The predicted octanol–water partition coefficient (Wildman–Crippen LogP) is 11.1. The van der Waals surface area contributed by atoms with E-state index < -0.39 is 0 Å². The molecule has 0 spiro atoms. The maximum absolute atomic E-state index is 2.51. The van der Waals surface area contributed by atoms with Gasteiger partial charge in [0.05, 0.1) is 11.0 Å². The lowest BCUT2D eigenvalue weighted by Gasteiger charge is -2.16. The van der Waals surface area contributed by atoms with Crippen LogP contribution < -0.4 is 0 Å². The second-order valence-corrected chi connectivity index (χ2v) is 10.9. The molecule has 8 aromatic carbocycles. The van der Waals surface area contributed by atoms with Gasteiger partial charge in [0.2, 0.25) is 0 Å². The van der Waals surface area contributed by atoms with Crippen LogP contribution in [0.15, 0.2) is 152 Å². The van der Waals surface area contributed by atoms with Gasteiger partial charge >= 0.3 is 0 Å². The van der Waals surface area contributed by atoms with E-state index in [1.807, 2.05) is 0 Å². The zero-order valence-electron chi connectivity index (χ0n) is 22.4. The number of fused-ring (bicyclic) bond motifs is 12. The number of hydrogen-bond acceptors (Lipinski definition) is 0. The molecule has 0 radical (unpaired) electrons. The number of para-hydroxylation sites is 1. The largest absolute Gasteiger partial charge is 0.308 e. The summed E-state index contributed by atoms with van der Waals surface area (Å²) in [6, 6.07) is 55.4. The van der Waals surface area contributed by atoms with Crippen molar-refractivity contribution in [1.29, 1.82) is 0 Å². The zero-order chi connectivity index (χ0) is 26.9. The van der Waals surface area contributed by atoms with E-state index >= 15 is 0 Å². The second kappa shape index (κ2) is 8.55. The molecule has 1 heterocycles. The normalized spacial score (nSPS) is 11.9. The van der Waals surface area contributed by atoms with Crippen molar-refractivity contribution in [3.8, 4) is 16.8 Å². The third-order valence-electron chi connectivity index (χ3n) is 8.72. The van der Waals surface area contributed by atoms with Crippen LogP contribution in [0.4, 0.5) is 0 Å². The van der Waals surface area contributed by atoms with Gasteiger partial charge in [-0.15, -0.1) is 0 Å². The van der Waals surface area contributed by atoms with E-state index in [-0.39, 0.29) is 0 Å². The van der Waals surface area contributed by atoms with Crippen LogP contribution in [-0.4, -0.2) is 4.57 Å². The van der Waals surface area contributed by atoms with Gasteiger partial charge in [-0.3, -0.25) is 0 Å². The molecule has 190 valence electrons. The van der Waals surface area contributed by atoms with Crippen LogP contribution in [-0.2, 0) is 0 Å². The number of rotatable bonds is 2. The first-order valence-electron chi connectivity index (χ1n) is 14.2. The first kappa shape index (κ1) is 22.4. The zero-order valence-corrected chi connectivity index (χ0v) is 22.4. The first-order chi connectivity index (χ1) is 20.4. The topological polar surface area (TPSA) is 4.93 Å². The minimum atomic E-state index is 1.18. The highest BCUT2D eigenvalue weighted by molar-refractivity contribution is 6.39. The molecular weight excluding hydrogens is 494 g/mol. The Bertz CT molecular complexity index is 2450. The monoisotopic (exact) mass is 519 g/mol. The van der Waals surface area contributed by atoms with Crippen LogP contribution in [0.25, 0.3) is 81.7 Å². The molecule has 9 aromatic rings. The predicted molar refractivity (Wildman–Crippen MR) is 176 cm³/mol. The third-order valence-corrected chi connectivity index (χ3v) is 8.72. The molecule has 0 aliphatic heterocycles. The number of aromatic nitrogens is 1. The lowest BCUT2D eigenvalue weighted by Crippen LogP contribution is -1.95. The highest BCUT2D eigenvalue weighted by Crippen LogP contribution is 2.47. The van der Waals surface area contributed by atoms with Crippen molar-refractivity contribution < 1.29 is 0 Å². The average Bonchev–Trinajstić information content (AvgIpc) is 3.41. The molecule has 1 aromatic heterocycles. The van der Waals surface area contributed by atoms with Gasteiger partial charge in [0.15, 0.2) is 0 Å². The van der Waals surface area contributed by atoms with Crippen molar-refractivity contribution in [2.45, 2.75) is 0 Å². The maximum Gasteiger partial charge on any atom is 0.0626 e. The van der Waals surface area contributed by atoms with E-state index in [1.165, 1.54) is 81.7 Å². The van der Waals surface area contributed by atoms with Crippen molar-refractivity contribution in [2.24, 2.45) is 0 Å². The van der Waals surface area contributed by atoms with Crippen molar-refractivity contribution in [3.05, 3.63) is 152 Å². The Balaban J connectivity index is 1.64. The molecule has 0 saturated heterocycles. The Labute approximate surface area is 237 Å². The molecule has 0 amide bonds. The molecule has 0 atom stereocenters. The summed E-state index contributed by atoms with van der Waals surface area (Å²) in [5.74, 6) is 0. The van der Waals surface area contributed by atoms with E-state index in [9.17, 15) is 0 Å². The average molecular weight is 520 g/mol. The molecule has 0 N–H and O–H groups in total. The Morgan fingerprint density at radius 2 is 0.951 bits per heavy atom. The first-order valence-corrected chi connectivity index (χ1v) is 14.2. The molecule has 0 saturated carbocycles. The molecule has 0 bridgehead atoms. The fraction of sp³-hybridized carbons (Fsp3) is 0. The molecule has 41 heavy (non-hydrogen) atoms. The molecule has 9 rings (SSSR count). The standard InChI is InChI=1S/C40H25N/c1-3-13-26(14-4-1)35-25-36-31-20-10-12-22-33(31)40-38(37(36)32-21-11-9-19-30(32)35)34-24-23-27-15-7-8-18-29(27)39(34)41(40)28-16-5-2-6-17-28/h1-25H. The van der Waals surface area contributed by atoms with Crippen molar-refractivity contribution in [1.82, 2.24) is 4.57 Å². The van der Waals surface area contributed by atoms with Gasteiger partial charge in [0.1, 0.15) is 0 Å². The van der Waals surface area contributed by atoms with Gasteiger partial charge in [-0.2, -0.15) is 0 Å². The molecule has 0 fully saturated rings. The van der Waals surface area contributed by atoms with Crippen LogP contribution >= 0.6 is 0 Å². The van der Waals surface area contributed by atoms with Gasteiger partial charge in [-0.05, 0) is 56.3 Å². The Hall–Kier alpha value is -5.40. The summed E-state index contributed by atoms with van der Waals surface area (Å²) in [6.45, 7) is 0. The molecule has 1 heteroatoms. The van der Waals surface area contributed by atoms with E-state index in [4.69, 9.17) is 0 Å². The lowest BCUT2D eigenvalue weighted by atomic mass is 9.88. The summed E-state index contributed by atoms with van der Waals surface area (Å²) in [5, 5.41) is 12.9. The highest BCUT2D eigenvalue weighted by atomic mass is 15.0. The minimum absolute atomic E-state index is 1.18. The van der Waals surface area contributed by atoms with Crippen LogP contribution in [0.1, 0.15) is 0 Å². The van der Waals surface area contributed by atoms with Crippen LogP contribution in [0.3, 0.4) is 0 Å². The van der Waals surface area contributed by atoms with Crippen molar-refractivity contribution in [2.75, 3.05) is 0 Å². The van der Waals surface area contributed by atoms with Gasteiger partial charge in [0, 0.05) is 32.6 Å². The van der Waals surface area contributed by atoms with Gasteiger partial charge < -0.3 is 4.57 Å².